The Morgan fingerprint density at radius 3 is 2.73 bits per heavy atom. The number of carbonyl (C=O) groups is 3. The van der Waals surface area contributed by atoms with Crippen molar-refractivity contribution in [3.8, 4) is 11.5 Å². The smallest absolute Gasteiger partial charge is 0.323 e. The molecule has 22 heavy (non-hydrogen) atoms. The number of rotatable bonds is 4. The van der Waals surface area contributed by atoms with E-state index < -0.39 is 23.7 Å². The van der Waals surface area contributed by atoms with Crippen LogP contribution < -0.4 is 4.74 Å². The van der Waals surface area contributed by atoms with Crippen molar-refractivity contribution in [2.45, 2.75) is 0 Å². The maximum atomic E-state index is 12.0. The number of ether oxygens (including phenoxy) is 1. The molecule has 0 atom stereocenters. The van der Waals surface area contributed by atoms with Gasteiger partial charge in [0.05, 0.1) is 12.0 Å². The average molecular weight is 388 g/mol. The minimum absolute atomic E-state index is 0.0294. The zero-order valence-corrected chi connectivity index (χ0v) is 13.6. The lowest BCUT2D eigenvalue weighted by molar-refractivity contribution is -0.140. The second-order valence-corrected chi connectivity index (χ2v) is 6.12. The van der Waals surface area contributed by atoms with Crippen molar-refractivity contribution in [3.63, 3.8) is 0 Å². The number of phenolic OH excluding ortho intramolecular Hbond substituents is 1. The van der Waals surface area contributed by atoms with Crippen LogP contribution in [0, 0.1) is 0 Å². The molecule has 1 aromatic carbocycles. The first-order valence-electron chi connectivity index (χ1n) is 5.87. The molecule has 0 bridgehead atoms. The van der Waals surface area contributed by atoms with Crippen LogP contribution in [0.25, 0.3) is 6.08 Å². The standard InChI is InChI=1S/C13H10BrNO6S/c1-21-8-4-7(14)2-6(11(8)18)3-9-12(19)15(5-10(16)17)13(20)22-9/h2-4,18H,5H2,1H3,(H,16,17)/b9-3+. The van der Waals surface area contributed by atoms with E-state index >= 15 is 0 Å². The van der Waals surface area contributed by atoms with E-state index in [1.54, 1.807) is 12.1 Å². The van der Waals surface area contributed by atoms with Crippen molar-refractivity contribution in [1.29, 1.82) is 0 Å². The molecule has 0 spiro atoms. The Kier molecular flexibility index (Phi) is 4.77. The molecule has 0 radical (unpaired) electrons. The molecule has 2 rings (SSSR count). The van der Waals surface area contributed by atoms with Crippen molar-refractivity contribution in [2.75, 3.05) is 13.7 Å². The highest BCUT2D eigenvalue weighted by Gasteiger charge is 2.36. The van der Waals surface area contributed by atoms with Crippen LogP contribution in [0.3, 0.4) is 0 Å². The van der Waals surface area contributed by atoms with E-state index in [-0.39, 0.29) is 22.0 Å². The van der Waals surface area contributed by atoms with Crippen molar-refractivity contribution >= 4 is 50.9 Å². The Labute approximate surface area is 137 Å². The molecule has 2 N–H and O–H groups in total. The van der Waals surface area contributed by atoms with Crippen molar-refractivity contribution in [1.82, 2.24) is 4.90 Å². The summed E-state index contributed by atoms with van der Waals surface area (Å²) in [4.78, 5) is 35.0. The number of hydrogen-bond donors (Lipinski definition) is 2. The molecule has 0 saturated carbocycles. The molecule has 1 heterocycles. The summed E-state index contributed by atoms with van der Waals surface area (Å²) in [6.45, 7) is -0.699. The first kappa shape index (κ1) is 16.4. The average Bonchev–Trinajstić information content (AvgIpc) is 2.69. The number of nitrogens with zero attached hydrogens (tertiary/aromatic N) is 1. The van der Waals surface area contributed by atoms with Gasteiger partial charge in [0.1, 0.15) is 6.54 Å². The van der Waals surface area contributed by atoms with Gasteiger partial charge in [-0.25, -0.2) is 0 Å². The summed E-state index contributed by atoms with van der Waals surface area (Å²) in [6.07, 6.45) is 1.31. The molecule has 0 aliphatic carbocycles. The summed E-state index contributed by atoms with van der Waals surface area (Å²) in [5, 5.41) is 18.1. The number of carbonyl (C=O) groups excluding carboxylic acids is 2. The zero-order chi connectivity index (χ0) is 16.4. The van der Waals surface area contributed by atoms with Crippen LogP contribution in [0.2, 0.25) is 0 Å². The molecule has 1 aromatic rings. The van der Waals surface area contributed by atoms with E-state index in [0.29, 0.717) is 21.1 Å². The molecular weight excluding hydrogens is 378 g/mol. The van der Waals surface area contributed by atoms with Crippen molar-refractivity contribution < 1.29 is 29.3 Å². The molecule has 7 nitrogen and oxygen atoms in total. The van der Waals surface area contributed by atoms with Gasteiger partial charge in [-0.05, 0) is 30.0 Å². The van der Waals surface area contributed by atoms with Crippen LogP contribution >= 0.6 is 27.7 Å². The lowest BCUT2D eigenvalue weighted by Gasteiger charge is -2.09. The molecule has 116 valence electrons. The number of thioether (sulfide) groups is 1. The number of carboxylic acid groups (broad SMARTS) is 1. The second kappa shape index (κ2) is 6.41. The molecule has 1 aliphatic rings. The Balaban J connectivity index is 2.39. The van der Waals surface area contributed by atoms with Crippen LogP contribution in [0.4, 0.5) is 4.79 Å². The van der Waals surface area contributed by atoms with E-state index in [1.165, 1.54) is 13.2 Å². The third kappa shape index (κ3) is 3.25. The Morgan fingerprint density at radius 2 is 2.14 bits per heavy atom. The second-order valence-electron chi connectivity index (χ2n) is 4.21. The van der Waals surface area contributed by atoms with E-state index in [1.807, 2.05) is 0 Å². The molecule has 1 saturated heterocycles. The summed E-state index contributed by atoms with van der Waals surface area (Å²) < 4.78 is 5.61. The minimum atomic E-state index is -1.28. The molecule has 1 aliphatic heterocycles. The summed E-state index contributed by atoms with van der Waals surface area (Å²) in [5.74, 6) is -1.98. The number of amides is 2. The quantitative estimate of drug-likeness (QED) is 0.763. The maximum absolute atomic E-state index is 12.0. The minimum Gasteiger partial charge on any atom is -0.504 e. The Bertz CT molecular complexity index is 702. The number of phenols is 1. The number of benzene rings is 1. The first-order chi connectivity index (χ1) is 10.3. The number of imide groups is 1. The third-order valence-electron chi connectivity index (χ3n) is 2.74. The van der Waals surface area contributed by atoms with Gasteiger partial charge in [0.2, 0.25) is 0 Å². The number of methoxy groups -OCH3 is 1. The summed E-state index contributed by atoms with van der Waals surface area (Å²) in [6, 6.07) is 3.09. The van der Waals surface area contributed by atoms with Crippen LogP contribution in [-0.2, 0) is 9.59 Å². The van der Waals surface area contributed by atoms with Gasteiger partial charge >= 0.3 is 5.97 Å². The van der Waals surface area contributed by atoms with Gasteiger partial charge in [0.15, 0.2) is 11.5 Å². The van der Waals surface area contributed by atoms with Crippen LogP contribution in [0.5, 0.6) is 11.5 Å². The van der Waals surface area contributed by atoms with Crippen LogP contribution in [0.1, 0.15) is 5.56 Å². The SMILES string of the molecule is COc1cc(Br)cc(/C=C2/SC(=O)N(CC(=O)O)C2=O)c1O. The van der Waals surface area contributed by atoms with Crippen molar-refractivity contribution in [3.05, 3.63) is 27.1 Å². The van der Waals surface area contributed by atoms with Gasteiger partial charge in [0, 0.05) is 10.0 Å². The molecule has 1 fully saturated rings. The molecule has 9 heteroatoms. The number of carboxylic acids is 1. The molecule has 0 unspecified atom stereocenters. The predicted octanol–water partition coefficient (Wildman–Crippen LogP) is 2.28. The lowest BCUT2D eigenvalue weighted by atomic mass is 10.1. The van der Waals surface area contributed by atoms with Gasteiger partial charge in [0.25, 0.3) is 11.1 Å². The molecule has 2 amide bonds. The fourth-order valence-corrected chi connectivity index (χ4v) is 3.06. The normalized spacial score (nSPS) is 16.5. The highest BCUT2D eigenvalue weighted by Crippen LogP contribution is 2.38. The van der Waals surface area contributed by atoms with Gasteiger partial charge in [-0.2, -0.15) is 0 Å². The van der Waals surface area contributed by atoms with E-state index in [4.69, 9.17) is 9.84 Å². The monoisotopic (exact) mass is 387 g/mol. The highest BCUT2D eigenvalue weighted by molar-refractivity contribution is 9.10. The number of aromatic hydroxyl groups is 1. The molecule has 0 aromatic heterocycles. The third-order valence-corrected chi connectivity index (χ3v) is 4.11. The van der Waals surface area contributed by atoms with E-state index in [9.17, 15) is 19.5 Å². The first-order valence-corrected chi connectivity index (χ1v) is 7.48. The van der Waals surface area contributed by atoms with Gasteiger partial charge < -0.3 is 14.9 Å². The largest absolute Gasteiger partial charge is 0.504 e. The fourth-order valence-electron chi connectivity index (χ4n) is 1.77. The van der Waals surface area contributed by atoms with Gasteiger partial charge in [-0.3, -0.25) is 19.3 Å². The Morgan fingerprint density at radius 1 is 1.45 bits per heavy atom. The van der Waals surface area contributed by atoms with Crippen LogP contribution in [-0.4, -0.2) is 45.9 Å². The lowest BCUT2D eigenvalue weighted by Crippen LogP contribution is -2.33. The zero-order valence-electron chi connectivity index (χ0n) is 11.2. The van der Waals surface area contributed by atoms with Crippen molar-refractivity contribution in [2.24, 2.45) is 0 Å². The maximum Gasteiger partial charge on any atom is 0.323 e. The topological polar surface area (TPSA) is 104 Å². The summed E-state index contributed by atoms with van der Waals surface area (Å²) in [7, 11) is 1.38. The number of halogens is 1. The van der Waals surface area contributed by atoms with Crippen LogP contribution in [0.15, 0.2) is 21.5 Å². The van der Waals surface area contributed by atoms with E-state index in [2.05, 4.69) is 15.9 Å². The number of hydrogen-bond acceptors (Lipinski definition) is 6. The van der Waals surface area contributed by atoms with Gasteiger partial charge in [-0.1, -0.05) is 15.9 Å². The van der Waals surface area contributed by atoms with Gasteiger partial charge in [-0.15, -0.1) is 0 Å². The number of aliphatic carboxylic acids is 1. The van der Waals surface area contributed by atoms with E-state index in [0.717, 1.165) is 0 Å². The summed E-state index contributed by atoms with van der Waals surface area (Å²) >= 11 is 3.86. The summed E-state index contributed by atoms with van der Waals surface area (Å²) in [5.41, 5.74) is 0.270. The predicted molar refractivity (Wildman–Crippen MR) is 82.7 cm³/mol. The Hall–Kier alpha value is -2.00. The molecular formula is C13H10BrNO6S. The fraction of sp³-hybridized carbons (Fsp3) is 0.154. The highest BCUT2D eigenvalue weighted by atomic mass is 79.9.